The van der Waals surface area contributed by atoms with E-state index in [1.807, 2.05) is 0 Å². The second-order valence-electron chi connectivity index (χ2n) is 3.40. The van der Waals surface area contributed by atoms with Crippen LogP contribution < -0.4 is 4.74 Å². The normalized spacial score (nSPS) is 10.1. The molecular formula is C11H8FN3O3. The third-order valence-corrected chi connectivity index (χ3v) is 2.11. The van der Waals surface area contributed by atoms with Crippen LogP contribution in [-0.4, -0.2) is 14.9 Å². The van der Waals surface area contributed by atoms with E-state index in [1.54, 1.807) is 12.1 Å². The highest BCUT2D eigenvalue weighted by Crippen LogP contribution is 2.11. The third kappa shape index (κ3) is 2.97. The van der Waals surface area contributed by atoms with Crippen molar-refractivity contribution >= 4 is 5.69 Å². The molecule has 1 aromatic heterocycles. The van der Waals surface area contributed by atoms with E-state index in [9.17, 15) is 14.5 Å². The number of hydrogen-bond donors (Lipinski definition) is 0. The Bertz CT molecular complexity index is 542. The van der Waals surface area contributed by atoms with Crippen molar-refractivity contribution in [1.29, 1.82) is 0 Å². The quantitative estimate of drug-likeness (QED) is 0.612. The first-order chi connectivity index (χ1) is 8.65. The van der Waals surface area contributed by atoms with Gasteiger partial charge in [-0.15, -0.1) is 0 Å². The van der Waals surface area contributed by atoms with Gasteiger partial charge in [0.15, 0.2) is 0 Å². The summed E-state index contributed by atoms with van der Waals surface area (Å²) in [5.41, 5.74) is 0.544. The summed E-state index contributed by atoms with van der Waals surface area (Å²) in [5, 5.41) is 10.4. The number of rotatable bonds is 4. The van der Waals surface area contributed by atoms with Crippen molar-refractivity contribution in [2.24, 2.45) is 0 Å². The van der Waals surface area contributed by atoms with Crippen LogP contribution in [0.3, 0.4) is 0 Å². The van der Waals surface area contributed by atoms with E-state index in [-0.39, 0.29) is 24.1 Å². The molecule has 6 nitrogen and oxygen atoms in total. The average Bonchev–Trinajstić information content (AvgIpc) is 2.38. The van der Waals surface area contributed by atoms with Crippen LogP contribution in [0.25, 0.3) is 0 Å². The van der Waals surface area contributed by atoms with Gasteiger partial charge in [-0.1, -0.05) is 12.1 Å². The highest BCUT2D eigenvalue weighted by atomic mass is 19.1. The lowest BCUT2D eigenvalue weighted by molar-refractivity contribution is -0.385. The number of halogens is 1. The number of hydrogen-bond acceptors (Lipinski definition) is 5. The fraction of sp³-hybridized carbons (Fsp3) is 0.0909. The molecule has 0 saturated carbocycles. The maximum atomic E-state index is 12.6. The zero-order chi connectivity index (χ0) is 13.0. The van der Waals surface area contributed by atoms with Crippen LogP contribution >= 0.6 is 0 Å². The molecule has 0 bridgehead atoms. The van der Waals surface area contributed by atoms with Crippen molar-refractivity contribution in [2.75, 3.05) is 0 Å². The Kier molecular flexibility index (Phi) is 3.42. The topological polar surface area (TPSA) is 78.2 Å². The van der Waals surface area contributed by atoms with Gasteiger partial charge in [-0.3, -0.25) is 10.1 Å². The first kappa shape index (κ1) is 11.9. The zero-order valence-corrected chi connectivity index (χ0v) is 9.12. The fourth-order valence-electron chi connectivity index (χ4n) is 1.21. The number of benzene rings is 1. The summed E-state index contributed by atoms with van der Waals surface area (Å²) in [6.45, 7) is 0.165. The minimum atomic E-state index is -0.593. The van der Waals surface area contributed by atoms with Gasteiger partial charge in [-0.25, -0.2) is 4.39 Å². The fourth-order valence-corrected chi connectivity index (χ4v) is 1.21. The van der Waals surface area contributed by atoms with Crippen LogP contribution in [-0.2, 0) is 6.61 Å². The molecule has 0 radical (unpaired) electrons. The van der Waals surface area contributed by atoms with Gasteiger partial charge < -0.3 is 4.74 Å². The predicted molar refractivity (Wildman–Crippen MR) is 59.4 cm³/mol. The van der Waals surface area contributed by atoms with E-state index in [2.05, 4.69) is 9.97 Å². The van der Waals surface area contributed by atoms with E-state index in [0.29, 0.717) is 0 Å². The van der Waals surface area contributed by atoms with Crippen LogP contribution in [0.2, 0.25) is 0 Å². The molecule has 0 amide bonds. The number of nitrogens with zero attached hydrogens (tertiary/aromatic N) is 3. The molecule has 0 aliphatic carbocycles. The molecule has 18 heavy (non-hydrogen) atoms. The van der Waals surface area contributed by atoms with Crippen LogP contribution in [0.4, 0.5) is 10.1 Å². The summed E-state index contributed by atoms with van der Waals surface area (Å²) in [6, 6.07) is 5.80. The summed E-state index contributed by atoms with van der Waals surface area (Å²) in [7, 11) is 0. The van der Waals surface area contributed by atoms with Gasteiger partial charge >= 0.3 is 11.7 Å². The molecule has 0 unspecified atom stereocenters. The smallest absolute Gasteiger partial charge is 0.317 e. The highest BCUT2D eigenvalue weighted by molar-refractivity contribution is 5.22. The molecule has 2 rings (SSSR count). The Morgan fingerprint density at radius 1 is 1.22 bits per heavy atom. The van der Waals surface area contributed by atoms with Gasteiger partial charge in [0.1, 0.15) is 24.8 Å². The first-order valence-corrected chi connectivity index (χ1v) is 4.99. The standard InChI is InChI=1S/C11H8FN3O3/c12-9-3-1-8(2-4-9)7-18-11-13-5-10(6-14-11)15(16)17/h1-6H,7H2. The van der Waals surface area contributed by atoms with E-state index < -0.39 is 4.92 Å². The monoisotopic (exact) mass is 249 g/mol. The Morgan fingerprint density at radius 3 is 2.39 bits per heavy atom. The molecule has 0 spiro atoms. The summed E-state index contributed by atoms with van der Waals surface area (Å²) >= 11 is 0. The van der Waals surface area contributed by atoms with E-state index in [0.717, 1.165) is 18.0 Å². The molecule has 92 valence electrons. The van der Waals surface area contributed by atoms with Crippen LogP contribution in [0, 0.1) is 15.9 Å². The summed E-state index contributed by atoms with van der Waals surface area (Å²) in [6.07, 6.45) is 2.12. The Labute approximate surface area is 101 Å². The number of ether oxygens (including phenoxy) is 1. The maximum absolute atomic E-state index is 12.6. The van der Waals surface area contributed by atoms with Gasteiger partial charge in [-0.05, 0) is 17.7 Å². The van der Waals surface area contributed by atoms with Crippen molar-refractivity contribution in [3.05, 3.63) is 58.2 Å². The molecule has 0 aliphatic rings. The van der Waals surface area contributed by atoms with Crippen LogP contribution in [0.15, 0.2) is 36.7 Å². The van der Waals surface area contributed by atoms with Gasteiger partial charge in [0, 0.05) is 0 Å². The van der Waals surface area contributed by atoms with Crippen molar-refractivity contribution in [3.8, 4) is 6.01 Å². The second kappa shape index (κ2) is 5.17. The van der Waals surface area contributed by atoms with Gasteiger partial charge in [0.2, 0.25) is 0 Å². The maximum Gasteiger partial charge on any atom is 0.317 e. The molecule has 0 saturated heterocycles. The molecular weight excluding hydrogens is 241 g/mol. The summed E-state index contributed by atoms with van der Waals surface area (Å²) in [4.78, 5) is 17.1. The van der Waals surface area contributed by atoms with Gasteiger partial charge in [0.25, 0.3) is 0 Å². The number of aromatic nitrogens is 2. The number of nitro groups is 1. The Balaban J connectivity index is 1.97. The molecule has 0 atom stereocenters. The van der Waals surface area contributed by atoms with Crippen LogP contribution in [0.1, 0.15) is 5.56 Å². The van der Waals surface area contributed by atoms with E-state index in [1.165, 1.54) is 12.1 Å². The molecule has 0 N–H and O–H groups in total. The zero-order valence-electron chi connectivity index (χ0n) is 9.12. The highest BCUT2D eigenvalue weighted by Gasteiger charge is 2.07. The van der Waals surface area contributed by atoms with Crippen molar-refractivity contribution < 1.29 is 14.1 Å². The molecule has 2 aromatic rings. The van der Waals surface area contributed by atoms with E-state index in [4.69, 9.17) is 4.74 Å². The first-order valence-electron chi connectivity index (χ1n) is 4.99. The lowest BCUT2D eigenvalue weighted by Gasteiger charge is -2.03. The Morgan fingerprint density at radius 2 is 1.83 bits per heavy atom. The average molecular weight is 249 g/mol. The Hall–Kier alpha value is -2.57. The lowest BCUT2D eigenvalue weighted by Crippen LogP contribution is -2.00. The second-order valence-corrected chi connectivity index (χ2v) is 3.40. The minimum absolute atomic E-state index is 0.0323. The van der Waals surface area contributed by atoms with Crippen molar-refractivity contribution in [1.82, 2.24) is 9.97 Å². The molecule has 1 aromatic carbocycles. The van der Waals surface area contributed by atoms with Gasteiger partial charge in [-0.2, -0.15) is 9.97 Å². The summed E-state index contributed by atoms with van der Waals surface area (Å²) in [5.74, 6) is -0.328. The minimum Gasteiger partial charge on any atom is -0.459 e. The molecule has 0 fully saturated rings. The predicted octanol–water partition coefficient (Wildman–Crippen LogP) is 2.10. The SMILES string of the molecule is O=[N+]([O-])c1cnc(OCc2ccc(F)cc2)nc1. The largest absolute Gasteiger partial charge is 0.459 e. The lowest BCUT2D eigenvalue weighted by atomic mass is 10.2. The molecule has 1 heterocycles. The van der Waals surface area contributed by atoms with Crippen molar-refractivity contribution in [3.63, 3.8) is 0 Å². The van der Waals surface area contributed by atoms with Crippen molar-refractivity contribution in [2.45, 2.75) is 6.61 Å². The third-order valence-electron chi connectivity index (χ3n) is 2.11. The van der Waals surface area contributed by atoms with Crippen LogP contribution in [0.5, 0.6) is 6.01 Å². The van der Waals surface area contributed by atoms with E-state index >= 15 is 0 Å². The summed E-state index contributed by atoms with van der Waals surface area (Å²) < 4.78 is 17.8. The van der Waals surface area contributed by atoms with Gasteiger partial charge in [0.05, 0.1) is 4.92 Å². The molecule has 7 heteroatoms. The molecule has 0 aliphatic heterocycles.